The van der Waals surface area contributed by atoms with Gasteiger partial charge in [-0.15, -0.1) is 11.8 Å². The highest BCUT2D eigenvalue weighted by atomic mass is 32.2. The molecule has 1 N–H and O–H groups in total. The van der Waals surface area contributed by atoms with E-state index in [-0.39, 0.29) is 11.5 Å². The molecule has 1 aromatic carbocycles. The minimum atomic E-state index is -0.156. The quantitative estimate of drug-likeness (QED) is 0.624. The number of hydrogen-bond acceptors (Lipinski definition) is 6. The summed E-state index contributed by atoms with van der Waals surface area (Å²) in [7, 11) is 0. The summed E-state index contributed by atoms with van der Waals surface area (Å²) < 4.78 is 1.37. The molecule has 1 amide bonds. The molecule has 6 nitrogen and oxygen atoms in total. The number of amides is 1. The topological polar surface area (TPSA) is 76.4 Å². The van der Waals surface area contributed by atoms with Gasteiger partial charge >= 0.3 is 0 Å². The van der Waals surface area contributed by atoms with Crippen LogP contribution in [0.25, 0.3) is 4.96 Å². The highest BCUT2D eigenvalue weighted by Crippen LogP contribution is 2.29. The van der Waals surface area contributed by atoms with E-state index in [0.717, 1.165) is 28.4 Å². The molecule has 0 saturated heterocycles. The van der Waals surface area contributed by atoms with E-state index in [1.807, 2.05) is 31.2 Å². The van der Waals surface area contributed by atoms with Crippen LogP contribution in [0, 0.1) is 0 Å². The Morgan fingerprint density at radius 2 is 2.12 bits per heavy atom. The number of carbonyl (C=O) groups excluding carboxylic acids is 1. The Balaban J connectivity index is 1.80. The fourth-order valence-electron chi connectivity index (χ4n) is 2.37. The Bertz CT molecular complexity index is 981. The van der Waals surface area contributed by atoms with Crippen molar-refractivity contribution in [1.29, 1.82) is 0 Å². The third-order valence-corrected chi connectivity index (χ3v) is 5.74. The van der Waals surface area contributed by atoms with Gasteiger partial charge < -0.3 is 5.32 Å². The van der Waals surface area contributed by atoms with Gasteiger partial charge in [0.15, 0.2) is 0 Å². The Morgan fingerprint density at radius 1 is 1.31 bits per heavy atom. The largest absolute Gasteiger partial charge is 0.325 e. The summed E-state index contributed by atoms with van der Waals surface area (Å²) in [6, 6.07) is 9.17. The van der Waals surface area contributed by atoms with Crippen LogP contribution in [-0.2, 0) is 17.0 Å². The van der Waals surface area contributed by atoms with Crippen molar-refractivity contribution < 1.29 is 4.79 Å². The number of fused-ring (bicyclic) bond motifs is 1. The van der Waals surface area contributed by atoms with Crippen LogP contribution < -0.4 is 10.9 Å². The van der Waals surface area contributed by atoms with Crippen molar-refractivity contribution in [2.75, 3.05) is 5.32 Å². The van der Waals surface area contributed by atoms with E-state index in [1.54, 1.807) is 11.8 Å². The molecule has 0 atom stereocenters. The molecule has 136 valence electrons. The summed E-state index contributed by atoms with van der Waals surface area (Å²) >= 11 is 3.01. The first-order chi connectivity index (χ1) is 12.6. The van der Waals surface area contributed by atoms with Crippen LogP contribution in [0.5, 0.6) is 0 Å². The predicted octanol–water partition coefficient (Wildman–Crippen LogP) is 3.74. The second-order valence-electron chi connectivity index (χ2n) is 5.71. The standard InChI is InChI=1S/C18H20N4O2S2/c1-3-7-16-21-22-17(24)10-12(19-18(22)26-16)11-25-14-9-6-5-8-13(14)20-15(23)4-2/h5-6,8-10H,3-4,7,11H2,1-2H3,(H,20,23). The average molecular weight is 389 g/mol. The van der Waals surface area contributed by atoms with Crippen molar-refractivity contribution in [3.63, 3.8) is 0 Å². The Morgan fingerprint density at radius 3 is 2.88 bits per heavy atom. The summed E-state index contributed by atoms with van der Waals surface area (Å²) in [6.07, 6.45) is 2.26. The molecule has 26 heavy (non-hydrogen) atoms. The molecule has 8 heteroatoms. The van der Waals surface area contributed by atoms with Gasteiger partial charge in [-0.1, -0.05) is 37.3 Å². The van der Waals surface area contributed by atoms with E-state index in [0.29, 0.717) is 22.8 Å². The Labute approximate surface area is 159 Å². The monoisotopic (exact) mass is 388 g/mol. The van der Waals surface area contributed by atoms with Crippen molar-refractivity contribution in [1.82, 2.24) is 14.6 Å². The lowest BCUT2D eigenvalue weighted by molar-refractivity contribution is -0.115. The van der Waals surface area contributed by atoms with Gasteiger partial charge in [-0.05, 0) is 18.6 Å². The van der Waals surface area contributed by atoms with Gasteiger partial charge in [0.2, 0.25) is 10.9 Å². The molecule has 3 rings (SSSR count). The molecular weight excluding hydrogens is 368 g/mol. The van der Waals surface area contributed by atoms with Crippen LogP contribution in [-0.4, -0.2) is 20.5 Å². The van der Waals surface area contributed by atoms with Crippen molar-refractivity contribution in [3.8, 4) is 0 Å². The average Bonchev–Trinajstić information content (AvgIpc) is 3.04. The molecule has 2 aromatic heterocycles. The number of aromatic nitrogens is 3. The third kappa shape index (κ3) is 4.31. The molecule has 0 aliphatic rings. The first-order valence-corrected chi connectivity index (χ1v) is 10.3. The van der Waals surface area contributed by atoms with E-state index in [4.69, 9.17) is 0 Å². The summed E-state index contributed by atoms with van der Waals surface area (Å²) in [5.41, 5.74) is 1.34. The Hall–Kier alpha value is -2.19. The summed E-state index contributed by atoms with van der Waals surface area (Å²) in [5.74, 6) is 0.523. The van der Waals surface area contributed by atoms with Gasteiger partial charge in [-0.25, -0.2) is 4.98 Å². The predicted molar refractivity (Wildman–Crippen MR) is 106 cm³/mol. The molecule has 0 saturated carbocycles. The maximum atomic E-state index is 12.3. The van der Waals surface area contributed by atoms with Crippen LogP contribution in [0.3, 0.4) is 0 Å². The van der Waals surface area contributed by atoms with E-state index >= 15 is 0 Å². The maximum Gasteiger partial charge on any atom is 0.275 e. The van der Waals surface area contributed by atoms with Gasteiger partial charge in [0, 0.05) is 29.6 Å². The number of hydrogen-bond donors (Lipinski definition) is 1. The number of thioether (sulfide) groups is 1. The van der Waals surface area contributed by atoms with Gasteiger partial charge in [0.05, 0.1) is 11.4 Å². The maximum absolute atomic E-state index is 12.3. The fraction of sp³-hybridized carbons (Fsp3) is 0.333. The highest BCUT2D eigenvalue weighted by molar-refractivity contribution is 7.98. The molecule has 0 bridgehead atoms. The fourth-order valence-corrected chi connectivity index (χ4v) is 4.29. The van der Waals surface area contributed by atoms with Crippen molar-refractivity contribution in [3.05, 3.63) is 51.4 Å². The molecule has 2 heterocycles. The molecule has 0 fully saturated rings. The van der Waals surface area contributed by atoms with Gasteiger partial charge in [-0.3, -0.25) is 9.59 Å². The zero-order chi connectivity index (χ0) is 18.5. The van der Waals surface area contributed by atoms with Crippen molar-refractivity contribution >= 4 is 39.7 Å². The normalized spacial score (nSPS) is 11.0. The smallest absolute Gasteiger partial charge is 0.275 e. The summed E-state index contributed by atoms with van der Waals surface area (Å²) in [5, 5.41) is 8.15. The minimum absolute atomic E-state index is 0.0241. The van der Waals surface area contributed by atoms with Gasteiger partial charge in [0.1, 0.15) is 5.01 Å². The highest BCUT2D eigenvalue weighted by Gasteiger charge is 2.10. The molecule has 0 spiro atoms. The number of nitrogens with zero attached hydrogens (tertiary/aromatic N) is 3. The number of nitrogens with one attached hydrogen (secondary N) is 1. The van der Waals surface area contributed by atoms with E-state index in [9.17, 15) is 9.59 Å². The van der Waals surface area contributed by atoms with E-state index < -0.39 is 0 Å². The first kappa shape index (κ1) is 18.6. The Kier molecular flexibility index (Phi) is 6.05. The van der Waals surface area contributed by atoms with Crippen molar-refractivity contribution in [2.45, 2.75) is 43.8 Å². The molecule has 3 aromatic rings. The first-order valence-electron chi connectivity index (χ1n) is 8.51. The lowest BCUT2D eigenvalue weighted by Gasteiger charge is -2.09. The second kappa shape index (κ2) is 8.46. The number of para-hydroxylation sites is 1. The summed E-state index contributed by atoms with van der Waals surface area (Å²) in [6.45, 7) is 3.90. The van der Waals surface area contributed by atoms with Gasteiger partial charge in [0.25, 0.3) is 5.56 Å². The van der Waals surface area contributed by atoms with E-state index in [1.165, 1.54) is 21.9 Å². The van der Waals surface area contributed by atoms with Crippen LogP contribution >= 0.6 is 23.1 Å². The van der Waals surface area contributed by atoms with Crippen LogP contribution in [0.4, 0.5) is 5.69 Å². The lowest BCUT2D eigenvalue weighted by atomic mass is 10.3. The number of anilines is 1. The number of rotatable bonds is 7. The molecule has 0 aliphatic heterocycles. The van der Waals surface area contributed by atoms with E-state index in [2.05, 4.69) is 22.3 Å². The molecule has 0 aliphatic carbocycles. The zero-order valence-electron chi connectivity index (χ0n) is 14.7. The minimum Gasteiger partial charge on any atom is -0.325 e. The molecular formula is C18H20N4O2S2. The number of aryl methyl sites for hydroxylation is 1. The summed E-state index contributed by atoms with van der Waals surface area (Å²) in [4.78, 5) is 30.1. The molecule has 0 unspecified atom stereocenters. The number of benzene rings is 1. The lowest BCUT2D eigenvalue weighted by Crippen LogP contribution is -2.15. The number of carbonyl (C=O) groups is 1. The van der Waals surface area contributed by atoms with Gasteiger partial charge in [-0.2, -0.15) is 9.61 Å². The SMILES string of the molecule is CCCc1nn2c(=O)cc(CSc3ccccc3NC(=O)CC)nc2s1. The third-order valence-electron chi connectivity index (χ3n) is 3.66. The van der Waals surface area contributed by atoms with Crippen molar-refractivity contribution in [2.24, 2.45) is 0 Å². The van der Waals surface area contributed by atoms with Crippen LogP contribution in [0.1, 0.15) is 37.4 Å². The van der Waals surface area contributed by atoms with Crippen LogP contribution in [0.2, 0.25) is 0 Å². The van der Waals surface area contributed by atoms with Crippen LogP contribution in [0.15, 0.2) is 40.0 Å². The second-order valence-corrected chi connectivity index (χ2v) is 7.77. The molecule has 0 radical (unpaired) electrons. The zero-order valence-corrected chi connectivity index (χ0v) is 16.3.